The second-order valence-electron chi connectivity index (χ2n) is 6.22. The van der Waals surface area contributed by atoms with Crippen LogP contribution in [-0.4, -0.2) is 57.4 Å². The Morgan fingerprint density at radius 2 is 1.92 bits per heavy atom. The Morgan fingerprint density at radius 3 is 2.65 bits per heavy atom. The third-order valence-electron chi connectivity index (χ3n) is 4.67. The average Bonchev–Trinajstić information content (AvgIpc) is 3.03. The molecule has 0 unspecified atom stereocenters. The van der Waals surface area contributed by atoms with Gasteiger partial charge in [0.2, 0.25) is 0 Å². The summed E-state index contributed by atoms with van der Waals surface area (Å²) in [6, 6.07) is 5.26. The Hall–Kier alpha value is -2.68. The second-order valence-corrected chi connectivity index (χ2v) is 6.97. The predicted octanol–water partition coefficient (Wildman–Crippen LogP) is 2.45. The largest absolute Gasteiger partial charge is 0.478 e. The Morgan fingerprint density at radius 1 is 1.19 bits per heavy atom. The second kappa shape index (κ2) is 6.56. The van der Waals surface area contributed by atoms with Crippen LogP contribution in [0.15, 0.2) is 29.1 Å². The van der Waals surface area contributed by atoms with E-state index in [0.29, 0.717) is 15.8 Å². The number of nitrogens with one attached hydrogen (secondary N) is 1. The van der Waals surface area contributed by atoms with E-state index in [0.717, 1.165) is 48.6 Å². The number of H-pyrrole nitrogens is 1. The number of carboxylic acids is 1. The van der Waals surface area contributed by atoms with Gasteiger partial charge in [-0.05, 0) is 40.5 Å². The quantitative estimate of drug-likeness (QED) is 0.676. The van der Waals surface area contributed by atoms with Crippen LogP contribution in [0.25, 0.3) is 11.0 Å². The van der Waals surface area contributed by atoms with Crippen molar-refractivity contribution in [2.75, 3.05) is 36.0 Å². The fourth-order valence-corrected chi connectivity index (χ4v) is 3.74. The summed E-state index contributed by atoms with van der Waals surface area (Å²) in [5.74, 6) is -0.0515. The summed E-state index contributed by atoms with van der Waals surface area (Å²) in [6.07, 6.45) is 1.54. The topological polar surface area (TPSA) is 98.2 Å². The minimum atomic E-state index is -0.905. The molecule has 4 rings (SSSR count). The molecule has 1 aliphatic rings. The highest BCUT2D eigenvalue weighted by Crippen LogP contribution is 2.30. The van der Waals surface area contributed by atoms with Crippen molar-refractivity contribution in [1.29, 1.82) is 0 Å². The number of halogens is 1. The lowest BCUT2D eigenvalue weighted by Gasteiger charge is -2.37. The van der Waals surface area contributed by atoms with Crippen LogP contribution in [0.2, 0.25) is 0 Å². The highest BCUT2D eigenvalue weighted by molar-refractivity contribution is 9.10. The fraction of sp³-hybridized carbons (Fsp3) is 0.294. The van der Waals surface area contributed by atoms with Gasteiger partial charge in [0.25, 0.3) is 0 Å². The first-order valence-corrected chi connectivity index (χ1v) is 9.02. The minimum Gasteiger partial charge on any atom is -0.478 e. The number of hydrogen-bond acceptors (Lipinski definition) is 6. The lowest BCUT2D eigenvalue weighted by atomic mass is 10.1. The van der Waals surface area contributed by atoms with Crippen LogP contribution in [0.5, 0.6) is 0 Å². The first kappa shape index (κ1) is 16.8. The van der Waals surface area contributed by atoms with Crippen LogP contribution in [0.3, 0.4) is 0 Å². The Labute approximate surface area is 158 Å². The summed E-state index contributed by atoms with van der Waals surface area (Å²) in [7, 11) is 0. The van der Waals surface area contributed by atoms with E-state index in [-0.39, 0.29) is 0 Å². The van der Waals surface area contributed by atoms with Gasteiger partial charge in [0, 0.05) is 31.9 Å². The SMILES string of the molecule is Cc1ccc(C(=O)O)cc1N1CCN(c2ncnc3[nH]nc(Br)c23)CC1. The molecule has 3 aromatic rings. The van der Waals surface area contributed by atoms with Gasteiger partial charge in [-0.25, -0.2) is 14.8 Å². The molecular formula is C17H17BrN6O2. The Bertz CT molecular complexity index is 981. The van der Waals surface area contributed by atoms with Gasteiger partial charge in [0.15, 0.2) is 5.65 Å². The maximum atomic E-state index is 11.3. The number of carboxylic acid groups (broad SMARTS) is 1. The number of carbonyl (C=O) groups is 1. The van der Waals surface area contributed by atoms with Crippen molar-refractivity contribution < 1.29 is 9.90 Å². The summed E-state index contributed by atoms with van der Waals surface area (Å²) < 4.78 is 0.704. The molecule has 9 heteroatoms. The van der Waals surface area contributed by atoms with E-state index in [1.807, 2.05) is 13.0 Å². The molecule has 8 nitrogen and oxygen atoms in total. The maximum absolute atomic E-state index is 11.3. The van der Waals surface area contributed by atoms with Gasteiger partial charge in [-0.2, -0.15) is 5.10 Å². The van der Waals surface area contributed by atoms with Crippen molar-refractivity contribution in [2.24, 2.45) is 0 Å². The average molecular weight is 417 g/mol. The number of aromatic nitrogens is 4. The van der Waals surface area contributed by atoms with Crippen LogP contribution in [0.1, 0.15) is 15.9 Å². The molecule has 1 fully saturated rings. The van der Waals surface area contributed by atoms with E-state index in [4.69, 9.17) is 0 Å². The molecule has 0 radical (unpaired) electrons. The minimum absolute atomic E-state index is 0.313. The summed E-state index contributed by atoms with van der Waals surface area (Å²) in [5.41, 5.74) is 3.06. The van der Waals surface area contributed by atoms with Gasteiger partial charge in [-0.1, -0.05) is 6.07 Å². The number of aromatic amines is 1. The molecule has 0 aliphatic carbocycles. The maximum Gasteiger partial charge on any atom is 0.335 e. The molecule has 0 amide bonds. The summed E-state index contributed by atoms with van der Waals surface area (Å²) in [5, 5.41) is 17.2. The third-order valence-corrected chi connectivity index (χ3v) is 5.24. The molecule has 26 heavy (non-hydrogen) atoms. The zero-order valence-corrected chi connectivity index (χ0v) is 15.7. The molecule has 3 heterocycles. The van der Waals surface area contributed by atoms with Crippen LogP contribution in [-0.2, 0) is 0 Å². The van der Waals surface area contributed by atoms with Gasteiger partial charge in [-0.15, -0.1) is 0 Å². The van der Waals surface area contributed by atoms with Gasteiger partial charge >= 0.3 is 5.97 Å². The zero-order valence-electron chi connectivity index (χ0n) is 14.1. The van der Waals surface area contributed by atoms with Gasteiger partial charge in [0.05, 0.1) is 10.9 Å². The van der Waals surface area contributed by atoms with Gasteiger partial charge < -0.3 is 14.9 Å². The first-order chi connectivity index (χ1) is 12.5. The fourth-order valence-electron chi connectivity index (χ4n) is 3.29. The van der Waals surface area contributed by atoms with E-state index in [1.165, 1.54) is 6.33 Å². The Balaban J connectivity index is 1.57. The van der Waals surface area contributed by atoms with Gasteiger partial charge in [-0.3, -0.25) is 5.10 Å². The summed E-state index contributed by atoms with van der Waals surface area (Å²) in [6.45, 7) is 5.13. The molecule has 2 aromatic heterocycles. The number of piperazine rings is 1. The van der Waals surface area contributed by atoms with Crippen molar-refractivity contribution in [1.82, 2.24) is 20.2 Å². The highest BCUT2D eigenvalue weighted by atomic mass is 79.9. The number of aromatic carboxylic acids is 1. The number of anilines is 2. The van der Waals surface area contributed by atoms with Crippen LogP contribution in [0, 0.1) is 6.92 Å². The molecule has 0 spiro atoms. The predicted molar refractivity (Wildman–Crippen MR) is 102 cm³/mol. The smallest absolute Gasteiger partial charge is 0.335 e. The van der Waals surface area contributed by atoms with Crippen molar-refractivity contribution in [3.05, 3.63) is 40.3 Å². The van der Waals surface area contributed by atoms with Crippen molar-refractivity contribution in [3.63, 3.8) is 0 Å². The lowest BCUT2D eigenvalue weighted by Crippen LogP contribution is -2.47. The summed E-state index contributed by atoms with van der Waals surface area (Å²) in [4.78, 5) is 24.3. The molecule has 1 aromatic carbocycles. The van der Waals surface area contributed by atoms with E-state index in [2.05, 4.69) is 45.9 Å². The van der Waals surface area contributed by atoms with Crippen LogP contribution >= 0.6 is 15.9 Å². The van der Waals surface area contributed by atoms with Gasteiger partial charge in [0.1, 0.15) is 16.7 Å². The first-order valence-electron chi connectivity index (χ1n) is 8.23. The standard InChI is InChI=1S/C17H17BrN6O2/c1-10-2-3-11(17(25)26)8-12(10)23-4-6-24(7-5-23)16-13-14(18)21-22-15(13)19-9-20-16/h2-3,8-9H,4-7H2,1H3,(H,25,26)(H,19,20,21,22). The highest BCUT2D eigenvalue weighted by Gasteiger charge is 2.23. The van der Waals surface area contributed by atoms with E-state index >= 15 is 0 Å². The van der Waals surface area contributed by atoms with E-state index < -0.39 is 5.97 Å². The number of rotatable bonds is 3. The number of aryl methyl sites for hydroxylation is 1. The molecule has 0 atom stereocenters. The molecular weight excluding hydrogens is 400 g/mol. The van der Waals surface area contributed by atoms with Crippen LogP contribution in [0.4, 0.5) is 11.5 Å². The van der Waals surface area contributed by atoms with E-state index in [9.17, 15) is 9.90 Å². The molecule has 0 saturated carbocycles. The summed E-state index contributed by atoms with van der Waals surface area (Å²) >= 11 is 3.45. The normalized spacial score (nSPS) is 14.8. The number of benzene rings is 1. The number of nitrogens with zero attached hydrogens (tertiary/aromatic N) is 5. The molecule has 0 bridgehead atoms. The van der Waals surface area contributed by atoms with Crippen molar-refractivity contribution in [3.8, 4) is 0 Å². The monoisotopic (exact) mass is 416 g/mol. The third kappa shape index (κ3) is 2.88. The molecule has 1 aliphatic heterocycles. The molecule has 2 N–H and O–H groups in total. The molecule has 134 valence electrons. The zero-order chi connectivity index (χ0) is 18.3. The number of fused-ring (bicyclic) bond motifs is 1. The van der Waals surface area contributed by atoms with Crippen LogP contribution < -0.4 is 9.80 Å². The van der Waals surface area contributed by atoms with E-state index in [1.54, 1.807) is 12.1 Å². The van der Waals surface area contributed by atoms with Crippen molar-refractivity contribution >= 4 is 44.4 Å². The number of hydrogen-bond donors (Lipinski definition) is 2. The van der Waals surface area contributed by atoms with Crippen molar-refractivity contribution in [2.45, 2.75) is 6.92 Å². The Kier molecular flexibility index (Phi) is 4.23. The molecule has 1 saturated heterocycles. The lowest BCUT2D eigenvalue weighted by molar-refractivity contribution is 0.0697.